The van der Waals surface area contributed by atoms with Crippen molar-refractivity contribution in [2.75, 3.05) is 27.0 Å². The van der Waals surface area contributed by atoms with E-state index in [0.29, 0.717) is 0 Å². The molecule has 1 spiro atoms. The highest BCUT2D eigenvalue weighted by Gasteiger charge is 2.64. The number of methoxy groups -OCH3 is 1. The van der Waals surface area contributed by atoms with Gasteiger partial charge in [0.15, 0.2) is 23.2 Å². The fraction of sp³-hybridized carbons (Fsp3) is 0.667. The molecule has 184 valence electrons. The third-order valence-electron chi connectivity index (χ3n) is 8.99. The third-order valence-corrected chi connectivity index (χ3v) is 8.99. The van der Waals surface area contributed by atoms with E-state index in [1.165, 1.54) is 11.1 Å². The summed E-state index contributed by atoms with van der Waals surface area (Å²) in [6, 6.07) is 4.22. The lowest BCUT2D eigenvalue weighted by Crippen LogP contribution is -2.68. The first-order valence-electron chi connectivity index (χ1n) is 12.6. The van der Waals surface area contributed by atoms with Gasteiger partial charge in [0.25, 0.3) is 0 Å². The smallest absolute Gasteiger partial charge is 0.339 e. The molecule has 5 atom stereocenters. The third kappa shape index (κ3) is 2.86. The number of carbonyl (C=O) groups excluding carboxylic acids is 1. The molecule has 0 radical (unpaired) electrons. The van der Waals surface area contributed by atoms with Gasteiger partial charge in [-0.2, -0.15) is 0 Å². The number of carbonyl (C=O) groups is 1. The van der Waals surface area contributed by atoms with Gasteiger partial charge in [-0.3, -0.25) is 4.90 Å². The van der Waals surface area contributed by atoms with Crippen molar-refractivity contribution in [2.45, 2.75) is 82.1 Å². The van der Waals surface area contributed by atoms with E-state index >= 15 is 0 Å². The van der Waals surface area contributed by atoms with E-state index in [1.807, 2.05) is 20.8 Å². The number of benzene rings is 1. The molecule has 5 aliphatic rings. The standard InChI is InChI=1S/C27H35NO6/c1-6-21-25(2,3)34-26(21,4)24(29)33-23-20(30-5)14-27-9-7-10-28(27)11-8-16-12-18-19(32-15-31-18)13-17(16)22(23)27/h12-14,21-23H,6-11,15H2,1-5H3/t21?,22-,23?,26+,27+/m1/s1. The number of hydrogen-bond acceptors (Lipinski definition) is 7. The Morgan fingerprint density at radius 3 is 2.65 bits per heavy atom. The van der Waals surface area contributed by atoms with Crippen molar-refractivity contribution < 1.29 is 28.5 Å². The van der Waals surface area contributed by atoms with Crippen LogP contribution in [0.2, 0.25) is 0 Å². The second-order valence-electron chi connectivity index (χ2n) is 11.1. The van der Waals surface area contributed by atoms with E-state index in [0.717, 1.165) is 56.0 Å². The van der Waals surface area contributed by atoms with Gasteiger partial charge in [-0.25, -0.2) is 4.79 Å². The molecule has 0 amide bonds. The van der Waals surface area contributed by atoms with Gasteiger partial charge in [-0.05, 0) is 82.3 Å². The molecule has 0 saturated carbocycles. The molecule has 2 unspecified atom stereocenters. The van der Waals surface area contributed by atoms with Crippen LogP contribution in [0.25, 0.3) is 0 Å². The van der Waals surface area contributed by atoms with Crippen molar-refractivity contribution in [2.24, 2.45) is 5.92 Å². The van der Waals surface area contributed by atoms with Gasteiger partial charge in [0, 0.05) is 12.5 Å². The normalized spacial score (nSPS) is 37.1. The SMILES string of the molecule is CCC1C(C)(C)O[C@]1(C)C(=O)OC1C(OC)=C[C@]23CCCN2CCc2cc4c(cc2[C@H]13)OCO4. The van der Waals surface area contributed by atoms with Crippen LogP contribution in [0.3, 0.4) is 0 Å². The Kier molecular flexibility index (Phi) is 4.82. The Bertz CT molecular complexity index is 1070. The maximum atomic E-state index is 13.7. The molecule has 1 aliphatic carbocycles. The van der Waals surface area contributed by atoms with Gasteiger partial charge in [-0.15, -0.1) is 0 Å². The summed E-state index contributed by atoms with van der Waals surface area (Å²) in [6.07, 6.45) is 5.60. The molecule has 2 saturated heterocycles. The Hall–Kier alpha value is -2.25. The summed E-state index contributed by atoms with van der Waals surface area (Å²) in [5, 5.41) is 0. The molecule has 6 rings (SSSR count). The maximum absolute atomic E-state index is 13.7. The molecular weight excluding hydrogens is 434 g/mol. The van der Waals surface area contributed by atoms with E-state index < -0.39 is 11.7 Å². The number of rotatable bonds is 4. The van der Waals surface area contributed by atoms with Crippen molar-refractivity contribution in [1.82, 2.24) is 4.90 Å². The average molecular weight is 470 g/mol. The summed E-state index contributed by atoms with van der Waals surface area (Å²) in [6.45, 7) is 10.3. The highest BCUT2D eigenvalue weighted by Crippen LogP contribution is 2.56. The Labute approximate surface area is 201 Å². The summed E-state index contributed by atoms with van der Waals surface area (Å²) < 4.78 is 29.9. The van der Waals surface area contributed by atoms with Crippen molar-refractivity contribution in [3.8, 4) is 11.5 Å². The highest BCUT2D eigenvalue weighted by molar-refractivity contribution is 5.81. The first kappa shape index (κ1) is 22.2. The van der Waals surface area contributed by atoms with Crippen LogP contribution in [0.4, 0.5) is 0 Å². The second kappa shape index (κ2) is 7.37. The second-order valence-corrected chi connectivity index (χ2v) is 11.1. The molecule has 4 aliphatic heterocycles. The fourth-order valence-corrected chi connectivity index (χ4v) is 7.69. The van der Waals surface area contributed by atoms with E-state index in [4.69, 9.17) is 23.7 Å². The predicted octanol–water partition coefficient (Wildman–Crippen LogP) is 3.94. The molecule has 0 bridgehead atoms. The Morgan fingerprint density at radius 1 is 1.18 bits per heavy atom. The van der Waals surface area contributed by atoms with E-state index in [-0.39, 0.29) is 35.7 Å². The molecule has 2 fully saturated rings. The maximum Gasteiger partial charge on any atom is 0.339 e. The van der Waals surface area contributed by atoms with E-state index in [1.54, 1.807) is 7.11 Å². The van der Waals surface area contributed by atoms with Gasteiger partial charge in [0.05, 0.1) is 24.2 Å². The van der Waals surface area contributed by atoms with Crippen LogP contribution < -0.4 is 9.47 Å². The summed E-state index contributed by atoms with van der Waals surface area (Å²) in [5.74, 6) is 2.00. The number of ether oxygens (including phenoxy) is 5. The Balaban J connectivity index is 1.41. The zero-order valence-electron chi connectivity index (χ0n) is 20.8. The molecule has 1 aromatic rings. The van der Waals surface area contributed by atoms with Gasteiger partial charge in [0.2, 0.25) is 6.79 Å². The van der Waals surface area contributed by atoms with Gasteiger partial charge < -0.3 is 23.7 Å². The average Bonchev–Trinajstić information content (AvgIpc) is 3.47. The lowest BCUT2D eigenvalue weighted by Gasteiger charge is -2.57. The van der Waals surface area contributed by atoms with Crippen LogP contribution in [-0.2, 0) is 25.4 Å². The first-order valence-corrected chi connectivity index (χ1v) is 12.6. The molecule has 0 N–H and O–H groups in total. The van der Waals surface area contributed by atoms with Crippen molar-refractivity contribution in [3.05, 3.63) is 35.1 Å². The molecular formula is C27H35NO6. The van der Waals surface area contributed by atoms with Crippen LogP contribution in [0.1, 0.15) is 64.0 Å². The molecule has 7 heteroatoms. The minimum atomic E-state index is -0.954. The monoisotopic (exact) mass is 469 g/mol. The van der Waals surface area contributed by atoms with Crippen LogP contribution in [0.15, 0.2) is 24.0 Å². The summed E-state index contributed by atoms with van der Waals surface area (Å²) in [4.78, 5) is 16.2. The number of esters is 1. The zero-order chi connectivity index (χ0) is 23.9. The molecule has 4 heterocycles. The topological polar surface area (TPSA) is 66.5 Å². The summed E-state index contributed by atoms with van der Waals surface area (Å²) in [7, 11) is 1.67. The molecule has 7 nitrogen and oxygen atoms in total. The fourth-order valence-electron chi connectivity index (χ4n) is 7.69. The van der Waals surface area contributed by atoms with Crippen LogP contribution in [0, 0.1) is 5.92 Å². The molecule has 34 heavy (non-hydrogen) atoms. The van der Waals surface area contributed by atoms with E-state index in [9.17, 15) is 4.79 Å². The number of hydrogen-bond donors (Lipinski definition) is 0. The van der Waals surface area contributed by atoms with Gasteiger partial charge in [-0.1, -0.05) is 6.92 Å². The van der Waals surface area contributed by atoms with Crippen molar-refractivity contribution >= 4 is 5.97 Å². The first-order chi connectivity index (χ1) is 16.2. The number of fused-ring (bicyclic) bond motifs is 3. The number of nitrogens with zero attached hydrogens (tertiary/aromatic N) is 1. The van der Waals surface area contributed by atoms with Crippen LogP contribution in [0.5, 0.6) is 11.5 Å². The van der Waals surface area contributed by atoms with Crippen LogP contribution in [-0.4, -0.2) is 60.7 Å². The van der Waals surface area contributed by atoms with Crippen molar-refractivity contribution in [1.29, 1.82) is 0 Å². The zero-order valence-corrected chi connectivity index (χ0v) is 20.8. The van der Waals surface area contributed by atoms with Gasteiger partial charge >= 0.3 is 5.97 Å². The predicted molar refractivity (Wildman–Crippen MR) is 125 cm³/mol. The van der Waals surface area contributed by atoms with Gasteiger partial charge in [0.1, 0.15) is 5.76 Å². The summed E-state index contributed by atoms with van der Waals surface area (Å²) in [5.41, 5.74) is 0.870. The lowest BCUT2D eigenvalue weighted by atomic mass is 9.69. The highest BCUT2D eigenvalue weighted by atomic mass is 16.7. The largest absolute Gasteiger partial charge is 0.497 e. The quantitative estimate of drug-likeness (QED) is 0.619. The minimum absolute atomic E-state index is 0.0716. The molecule has 0 aromatic heterocycles. The lowest BCUT2D eigenvalue weighted by molar-refractivity contribution is -0.300. The summed E-state index contributed by atoms with van der Waals surface area (Å²) >= 11 is 0. The molecule has 1 aromatic carbocycles. The minimum Gasteiger partial charge on any atom is -0.497 e. The van der Waals surface area contributed by atoms with E-state index in [2.05, 4.69) is 30.0 Å². The van der Waals surface area contributed by atoms with Crippen LogP contribution >= 0.6 is 0 Å². The van der Waals surface area contributed by atoms with Crippen molar-refractivity contribution in [3.63, 3.8) is 0 Å². The Morgan fingerprint density at radius 2 is 1.94 bits per heavy atom.